The van der Waals surface area contributed by atoms with Gasteiger partial charge in [0.25, 0.3) is 0 Å². The van der Waals surface area contributed by atoms with Crippen molar-refractivity contribution in [3.63, 3.8) is 0 Å². The number of rotatable bonds is 5. The zero-order chi connectivity index (χ0) is 22.0. The van der Waals surface area contributed by atoms with Crippen molar-refractivity contribution >= 4 is 35.4 Å². The summed E-state index contributed by atoms with van der Waals surface area (Å²) >= 11 is 1.49. The second-order valence-corrected chi connectivity index (χ2v) is 10.1. The molecule has 8 nitrogen and oxygen atoms in total. The van der Waals surface area contributed by atoms with Crippen LogP contribution in [-0.2, 0) is 58.2 Å². The Balaban J connectivity index is 0.00000450. The van der Waals surface area contributed by atoms with E-state index in [-0.39, 0.29) is 46.6 Å². The number of carbonyl (C=O) groups excluding carboxylic acids is 3. The monoisotopic (exact) mass is 526 g/mol. The van der Waals surface area contributed by atoms with E-state index in [1.807, 2.05) is 27.7 Å². The molecular formula is C21H31N3O5SY-2. The number of hydrogen-bond acceptors (Lipinski definition) is 6. The van der Waals surface area contributed by atoms with Gasteiger partial charge >= 0.3 is 12.1 Å². The van der Waals surface area contributed by atoms with Crippen molar-refractivity contribution in [1.82, 2.24) is 10.2 Å². The van der Waals surface area contributed by atoms with Crippen molar-refractivity contribution in [2.45, 2.75) is 55.8 Å². The minimum Gasteiger partial charge on any atom is -0.699 e. The Morgan fingerprint density at radius 3 is 2.16 bits per heavy atom. The summed E-state index contributed by atoms with van der Waals surface area (Å²) in [6, 6.07) is 4.92. The topological polar surface area (TPSA) is 109 Å². The fourth-order valence-corrected chi connectivity index (χ4v) is 5.58. The molecule has 1 aromatic carbocycles. The molecule has 1 fully saturated rings. The zero-order valence-electron chi connectivity index (χ0n) is 19.1. The summed E-state index contributed by atoms with van der Waals surface area (Å²) in [6.45, 7) is 7.47. The molecule has 1 heterocycles. The van der Waals surface area contributed by atoms with E-state index in [1.54, 1.807) is 24.3 Å². The molecule has 0 spiro atoms. The van der Waals surface area contributed by atoms with E-state index in [2.05, 4.69) is 5.32 Å². The maximum atomic E-state index is 13.2. The number of ether oxygens (including phenoxy) is 2. The van der Waals surface area contributed by atoms with Crippen molar-refractivity contribution in [1.29, 1.82) is 0 Å². The van der Waals surface area contributed by atoms with E-state index in [0.29, 0.717) is 5.69 Å². The average molecular weight is 526 g/mol. The molecule has 31 heavy (non-hydrogen) atoms. The third kappa shape index (κ3) is 6.83. The molecule has 1 aliphatic heterocycles. The van der Waals surface area contributed by atoms with Gasteiger partial charge in [0.05, 0.1) is 19.1 Å². The summed E-state index contributed by atoms with van der Waals surface area (Å²) < 4.78 is 9.17. The Bertz CT molecular complexity index is 786. The van der Waals surface area contributed by atoms with E-state index in [0.717, 1.165) is 5.56 Å². The molecule has 1 radical (unpaired) electrons. The van der Waals surface area contributed by atoms with Gasteiger partial charge in [-0.2, -0.15) is 0 Å². The van der Waals surface area contributed by atoms with E-state index < -0.39 is 39.7 Å². The molecule has 2 rings (SSSR count). The second kappa shape index (κ2) is 11.5. The van der Waals surface area contributed by atoms with Gasteiger partial charge in [0.2, 0.25) is 5.91 Å². The number of carbonyl (C=O) groups is 3. The zero-order valence-corrected chi connectivity index (χ0v) is 22.8. The quantitative estimate of drug-likeness (QED) is 0.463. The average Bonchev–Trinajstić information content (AvgIpc) is 2.84. The van der Waals surface area contributed by atoms with Gasteiger partial charge in [-0.3, -0.25) is 9.69 Å². The van der Waals surface area contributed by atoms with Crippen LogP contribution in [0.2, 0.25) is 0 Å². The molecule has 1 aliphatic rings. The van der Waals surface area contributed by atoms with Crippen LogP contribution >= 0.6 is 11.8 Å². The number of benzene rings is 1. The van der Waals surface area contributed by atoms with Crippen molar-refractivity contribution in [2.24, 2.45) is 0 Å². The maximum Gasteiger partial charge on any atom is 0.411 e. The van der Waals surface area contributed by atoms with Crippen LogP contribution < -0.4 is 5.32 Å². The molecule has 10 heteroatoms. The van der Waals surface area contributed by atoms with E-state index in [1.165, 1.54) is 30.9 Å². The molecule has 2 unspecified atom stereocenters. The largest absolute Gasteiger partial charge is 0.699 e. The van der Waals surface area contributed by atoms with Gasteiger partial charge in [-0.1, -0.05) is 24.3 Å². The first-order valence-corrected chi connectivity index (χ1v) is 10.0. The number of methoxy groups -OCH3 is 2. The van der Waals surface area contributed by atoms with Gasteiger partial charge in [0, 0.05) is 43.9 Å². The minimum absolute atomic E-state index is 0. The number of esters is 1. The molecule has 2 amide bonds. The number of amides is 2. The first-order valence-electron chi connectivity index (χ1n) is 9.19. The van der Waals surface area contributed by atoms with Crippen molar-refractivity contribution in [3.05, 3.63) is 43.0 Å². The fraction of sp³-hybridized carbons (Fsp3) is 0.524. The van der Waals surface area contributed by atoms with E-state index >= 15 is 0 Å². The predicted molar refractivity (Wildman–Crippen MR) is 118 cm³/mol. The first-order chi connectivity index (χ1) is 13.4. The Morgan fingerprint density at radius 2 is 1.68 bits per heavy atom. The van der Waals surface area contributed by atoms with Gasteiger partial charge in [0.1, 0.15) is 12.1 Å². The predicted octanol–water partition coefficient (Wildman–Crippen LogP) is 3.72. The summed E-state index contributed by atoms with van der Waals surface area (Å²) in [6.07, 6.45) is -0.394. The number of nitrogens with one attached hydrogen (secondary N) is 2. The van der Waals surface area contributed by atoms with Gasteiger partial charge in [-0.15, -0.1) is 17.4 Å². The molecule has 2 atom stereocenters. The number of hydrogen-bond donors (Lipinski definition) is 1. The molecule has 2 N–H and O–H groups in total. The Labute approximate surface area is 214 Å². The summed E-state index contributed by atoms with van der Waals surface area (Å²) in [5.41, 5.74) is 8.70. The van der Waals surface area contributed by atoms with Crippen molar-refractivity contribution in [3.8, 4) is 0 Å². The van der Waals surface area contributed by atoms with Crippen LogP contribution in [0.25, 0.3) is 5.73 Å². The van der Waals surface area contributed by atoms with Crippen LogP contribution in [0.1, 0.15) is 33.3 Å². The van der Waals surface area contributed by atoms with Crippen molar-refractivity contribution < 1.29 is 56.6 Å². The molecule has 0 bridgehead atoms. The molecule has 1 aromatic rings. The Hall–Kier alpha value is -1.32. The van der Waals surface area contributed by atoms with Gasteiger partial charge in [-0.25, -0.2) is 9.59 Å². The molecule has 171 valence electrons. The van der Waals surface area contributed by atoms with Crippen LogP contribution in [0, 0.1) is 7.43 Å². The molecule has 1 saturated heterocycles. The second-order valence-electron chi connectivity index (χ2n) is 7.88. The van der Waals surface area contributed by atoms with Crippen LogP contribution in [0.15, 0.2) is 24.3 Å². The SMILES string of the molecule is COC(=O)C(Cc1ccc([NH-])cc1)NC(=O)C1N(C(=O)OC)C(C)(C)SC1(C)C.[CH3-].[Y]. The maximum absolute atomic E-state index is 13.2. The van der Waals surface area contributed by atoms with Crippen molar-refractivity contribution in [2.75, 3.05) is 14.2 Å². The number of nitrogens with zero attached hydrogens (tertiary/aromatic N) is 1. The van der Waals surface area contributed by atoms with Gasteiger partial charge in [-0.05, 0) is 33.3 Å². The van der Waals surface area contributed by atoms with Crippen LogP contribution in [-0.4, -0.2) is 58.8 Å². The standard InChI is InChI=1S/C20H28N3O5S.CH3.Y/c1-19(2)15(23(18(26)28-6)20(3,4)29-19)16(24)22-14(17(25)27-5)11-12-7-9-13(21)10-8-12;;/h7-10,14-15,21H,11H2,1-6H3,(H,22,24);1H3;/q2*-1;. The fourth-order valence-electron chi connectivity index (χ4n) is 3.69. The molecule has 0 aromatic heterocycles. The third-order valence-electron chi connectivity index (χ3n) is 4.83. The van der Waals surface area contributed by atoms with E-state index in [4.69, 9.17) is 15.2 Å². The third-order valence-corrected chi connectivity index (χ3v) is 6.27. The van der Waals surface area contributed by atoms with Gasteiger partial charge < -0.3 is 28.0 Å². The van der Waals surface area contributed by atoms with Crippen LogP contribution in [0.5, 0.6) is 0 Å². The number of thioether (sulfide) groups is 1. The summed E-state index contributed by atoms with van der Waals surface area (Å²) in [5.74, 6) is -1.04. The summed E-state index contributed by atoms with van der Waals surface area (Å²) in [7, 11) is 2.53. The van der Waals surface area contributed by atoms with Crippen LogP contribution in [0.4, 0.5) is 10.5 Å². The smallest absolute Gasteiger partial charge is 0.411 e. The molecule has 0 saturated carbocycles. The summed E-state index contributed by atoms with van der Waals surface area (Å²) in [4.78, 5) is 38.7. The van der Waals surface area contributed by atoms with Gasteiger partial charge in [0.15, 0.2) is 0 Å². The molecular weight excluding hydrogens is 495 g/mol. The Kier molecular flexibility index (Phi) is 11.0. The first kappa shape index (κ1) is 29.7. The normalized spacial score (nSPS) is 19.3. The minimum atomic E-state index is -0.923. The Morgan fingerprint density at radius 1 is 1.13 bits per heavy atom. The van der Waals surface area contributed by atoms with E-state index in [9.17, 15) is 14.4 Å². The molecule has 0 aliphatic carbocycles. The van der Waals surface area contributed by atoms with Crippen LogP contribution in [0.3, 0.4) is 0 Å². The summed E-state index contributed by atoms with van der Waals surface area (Å²) in [5, 5.41) is 2.75.